The Morgan fingerprint density at radius 1 is 0.850 bits per heavy atom. The molecule has 2 aromatic rings. The third-order valence-corrected chi connectivity index (χ3v) is 3.73. The largest absolute Gasteiger partial charge is 0.507 e. The van der Waals surface area contributed by atoms with E-state index < -0.39 is 11.5 Å². The zero-order valence-electron chi connectivity index (χ0n) is 10.7. The molecule has 0 radical (unpaired) electrons. The highest BCUT2D eigenvalue weighted by Crippen LogP contribution is 2.47. The van der Waals surface area contributed by atoms with Crippen LogP contribution in [0.2, 0.25) is 0 Å². The molecule has 0 bridgehead atoms. The van der Waals surface area contributed by atoms with E-state index in [0.29, 0.717) is 5.56 Å². The van der Waals surface area contributed by atoms with Crippen molar-refractivity contribution < 1.29 is 24.9 Å². The van der Waals surface area contributed by atoms with Gasteiger partial charge in [-0.05, 0) is 18.6 Å². The van der Waals surface area contributed by atoms with Crippen LogP contribution in [0.3, 0.4) is 0 Å². The number of fused-ring (bicyclic) bond motifs is 2. The van der Waals surface area contributed by atoms with E-state index in [1.807, 2.05) is 0 Å². The minimum absolute atomic E-state index is 0.00306. The van der Waals surface area contributed by atoms with Crippen LogP contribution in [-0.4, -0.2) is 26.9 Å². The highest BCUT2D eigenvalue weighted by molar-refractivity contribution is 6.22. The summed E-state index contributed by atoms with van der Waals surface area (Å²) >= 11 is 0. The molecule has 0 saturated carbocycles. The van der Waals surface area contributed by atoms with Gasteiger partial charge in [-0.15, -0.1) is 0 Å². The summed E-state index contributed by atoms with van der Waals surface area (Å²) in [6.07, 6.45) is 0.0130. The van der Waals surface area contributed by atoms with Crippen LogP contribution in [0.15, 0.2) is 12.1 Å². The predicted octanol–water partition coefficient (Wildman–Crippen LogP) is 2.42. The second-order valence-electron chi connectivity index (χ2n) is 4.95. The highest BCUT2D eigenvalue weighted by Gasteiger charge is 2.33. The molecule has 3 rings (SSSR count). The molecule has 1 aliphatic rings. The van der Waals surface area contributed by atoms with E-state index in [2.05, 4.69) is 0 Å². The predicted molar refractivity (Wildman–Crippen MR) is 71.6 cm³/mol. The standard InChI is InChI=1S/C15H12O5/c1-6-2-3-7(16)11-10(6)14(19)12-8(17)4-5-9(18)13(12)15(11)20/h2-3,16,19-20H,4-5H2,1H3. The van der Waals surface area contributed by atoms with Crippen molar-refractivity contribution in [1.29, 1.82) is 0 Å². The molecule has 102 valence electrons. The lowest BCUT2D eigenvalue weighted by Gasteiger charge is -2.20. The third-order valence-electron chi connectivity index (χ3n) is 3.73. The minimum atomic E-state index is -0.438. The van der Waals surface area contributed by atoms with Gasteiger partial charge in [0, 0.05) is 18.2 Å². The lowest BCUT2D eigenvalue weighted by molar-refractivity contribution is 0.0885. The molecule has 0 fully saturated rings. The van der Waals surface area contributed by atoms with Crippen LogP contribution in [0.25, 0.3) is 10.8 Å². The number of ketones is 2. The first-order valence-corrected chi connectivity index (χ1v) is 6.20. The quantitative estimate of drug-likeness (QED) is 0.640. The average molecular weight is 272 g/mol. The Morgan fingerprint density at radius 2 is 1.35 bits per heavy atom. The summed E-state index contributed by atoms with van der Waals surface area (Å²) in [5.41, 5.74) is 0.270. The third kappa shape index (κ3) is 1.43. The summed E-state index contributed by atoms with van der Waals surface area (Å²) in [5.74, 6) is -1.81. The number of aromatic hydroxyl groups is 3. The van der Waals surface area contributed by atoms with E-state index in [-0.39, 0.29) is 52.0 Å². The van der Waals surface area contributed by atoms with Crippen molar-refractivity contribution in [2.75, 3.05) is 0 Å². The Hall–Kier alpha value is -2.56. The molecule has 5 heteroatoms. The number of hydrogen-bond donors (Lipinski definition) is 3. The molecule has 0 saturated heterocycles. The highest BCUT2D eigenvalue weighted by atomic mass is 16.3. The fourth-order valence-electron chi connectivity index (χ4n) is 2.75. The monoisotopic (exact) mass is 272 g/mol. The van der Waals surface area contributed by atoms with Crippen LogP contribution < -0.4 is 0 Å². The van der Waals surface area contributed by atoms with Gasteiger partial charge in [0.2, 0.25) is 0 Å². The number of benzene rings is 2. The van der Waals surface area contributed by atoms with Crippen molar-refractivity contribution in [3.63, 3.8) is 0 Å². The van der Waals surface area contributed by atoms with Gasteiger partial charge in [-0.3, -0.25) is 9.59 Å². The van der Waals surface area contributed by atoms with E-state index in [1.165, 1.54) is 6.07 Å². The fraction of sp³-hybridized carbons (Fsp3) is 0.200. The van der Waals surface area contributed by atoms with Crippen LogP contribution in [-0.2, 0) is 0 Å². The van der Waals surface area contributed by atoms with Gasteiger partial charge < -0.3 is 15.3 Å². The van der Waals surface area contributed by atoms with Crippen molar-refractivity contribution in [3.05, 3.63) is 28.8 Å². The van der Waals surface area contributed by atoms with E-state index in [0.717, 1.165) is 0 Å². The Labute approximate surface area is 114 Å². The first-order chi connectivity index (χ1) is 9.43. The number of hydrogen-bond acceptors (Lipinski definition) is 5. The van der Waals surface area contributed by atoms with Crippen LogP contribution >= 0.6 is 0 Å². The van der Waals surface area contributed by atoms with Crippen LogP contribution in [0.4, 0.5) is 0 Å². The Balaban J connectivity index is 2.61. The molecular formula is C15H12O5. The normalized spacial score (nSPS) is 14.7. The minimum Gasteiger partial charge on any atom is -0.507 e. The Bertz CT molecular complexity index is 722. The van der Waals surface area contributed by atoms with Gasteiger partial charge in [0.25, 0.3) is 0 Å². The summed E-state index contributed by atoms with van der Waals surface area (Å²) in [6, 6.07) is 2.94. The van der Waals surface area contributed by atoms with E-state index in [9.17, 15) is 24.9 Å². The van der Waals surface area contributed by atoms with Crippen molar-refractivity contribution in [1.82, 2.24) is 0 Å². The number of aryl methyl sites for hydroxylation is 1. The maximum atomic E-state index is 12.0. The molecule has 0 heterocycles. The van der Waals surface area contributed by atoms with Gasteiger partial charge in [0.1, 0.15) is 17.2 Å². The van der Waals surface area contributed by atoms with Crippen molar-refractivity contribution in [2.24, 2.45) is 0 Å². The summed E-state index contributed by atoms with van der Waals surface area (Å²) in [4.78, 5) is 23.9. The van der Waals surface area contributed by atoms with Gasteiger partial charge in [-0.25, -0.2) is 0 Å². The number of carbonyl (C=O) groups is 2. The van der Waals surface area contributed by atoms with Gasteiger partial charge in [-0.2, -0.15) is 0 Å². The van der Waals surface area contributed by atoms with Crippen LogP contribution in [0.1, 0.15) is 39.1 Å². The lowest BCUT2D eigenvalue weighted by atomic mass is 9.84. The molecule has 5 nitrogen and oxygen atoms in total. The second-order valence-corrected chi connectivity index (χ2v) is 4.95. The smallest absolute Gasteiger partial charge is 0.167 e. The number of phenolic OH excluding ortho intramolecular Hbond substituents is 3. The van der Waals surface area contributed by atoms with Crippen LogP contribution in [0.5, 0.6) is 17.2 Å². The molecule has 0 atom stereocenters. The molecule has 0 unspecified atom stereocenters. The second kappa shape index (κ2) is 3.96. The first kappa shape index (κ1) is 12.5. The van der Waals surface area contributed by atoms with Gasteiger partial charge in [-0.1, -0.05) is 6.07 Å². The topological polar surface area (TPSA) is 94.8 Å². The number of carbonyl (C=O) groups excluding carboxylic acids is 2. The zero-order chi connectivity index (χ0) is 14.6. The maximum Gasteiger partial charge on any atom is 0.167 e. The fourth-order valence-corrected chi connectivity index (χ4v) is 2.75. The summed E-state index contributed by atoms with van der Waals surface area (Å²) in [6.45, 7) is 1.68. The van der Waals surface area contributed by atoms with E-state index in [1.54, 1.807) is 13.0 Å². The molecule has 3 N–H and O–H groups in total. The van der Waals surface area contributed by atoms with Gasteiger partial charge in [0.15, 0.2) is 11.6 Å². The number of Topliss-reactive ketones (excluding diaryl/α,β-unsaturated/α-hetero) is 2. The molecular weight excluding hydrogens is 260 g/mol. The molecule has 0 aromatic heterocycles. The number of phenols is 3. The first-order valence-electron chi connectivity index (χ1n) is 6.20. The van der Waals surface area contributed by atoms with Crippen molar-refractivity contribution in [2.45, 2.75) is 19.8 Å². The van der Waals surface area contributed by atoms with Crippen LogP contribution in [0, 0.1) is 6.92 Å². The summed E-state index contributed by atoms with van der Waals surface area (Å²) in [7, 11) is 0. The van der Waals surface area contributed by atoms with Crippen molar-refractivity contribution >= 4 is 22.3 Å². The molecule has 20 heavy (non-hydrogen) atoms. The zero-order valence-corrected chi connectivity index (χ0v) is 10.7. The number of rotatable bonds is 0. The molecule has 0 aliphatic heterocycles. The van der Waals surface area contributed by atoms with E-state index in [4.69, 9.17) is 0 Å². The van der Waals surface area contributed by atoms with E-state index >= 15 is 0 Å². The summed E-state index contributed by atoms with van der Waals surface area (Å²) < 4.78 is 0. The molecule has 1 aliphatic carbocycles. The van der Waals surface area contributed by atoms with Gasteiger partial charge >= 0.3 is 0 Å². The SMILES string of the molecule is Cc1ccc(O)c2c(O)c3c(c(O)c12)C(=O)CCC3=O. The maximum absolute atomic E-state index is 12.0. The Morgan fingerprint density at radius 3 is 1.90 bits per heavy atom. The molecule has 2 aromatic carbocycles. The molecule has 0 spiro atoms. The molecule has 0 amide bonds. The Kier molecular flexibility index (Phi) is 2.47. The summed E-state index contributed by atoms with van der Waals surface area (Å²) in [5, 5.41) is 30.7. The van der Waals surface area contributed by atoms with Gasteiger partial charge in [0.05, 0.1) is 16.5 Å². The van der Waals surface area contributed by atoms with Crippen molar-refractivity contribution in [3.8, 4) is 17.2 Å². The average Bonchev–Trinajstić information content (AvgIpc) is 2.41. The lowest BCUT2D eigenvalue weighted by Crippen LogP contribution is -2.17.